The Morgan fingerprint density at radius 2 is 2.41 bits per heavy atom. The number of rotatable bonds is 4. The second-order valence-electron chi connectivity index (χ2n) is 2.86. The summed E-state index contributed by atoms with van der Waals surface area (Å²) in [6.07, 6.45) is 5.05. The topological polar surface area (TPSA) is 84.3 Å². The lowest BCUT2D eigenvalue weighted by Gasteiger charge is -2.07. The second kappa shape index (κ2) is 6.05. The monoisotopic (exact) mass is 231 g/mol. The lowest BCUT2D eigenvalue weighted by molar-refractivity contribution is 0.0600. The van der Waals surface area contributed by atoms with Crippen molar-refractivity contribution in [2.24, 2.45) is 5.11 Å². The first-order valence-electron chi connectivity index (χ1n) is 4.56. The van der Waals surface area contributed by atoms with Crippen molar-refractivity contribution in [3.63, 3.8) is 0 Å². The van der Waals surface area contributed by atoms with Crippen LogP contribution in [0.1, 0.15) is 10.4 Å². The highest BCUT2D eigenvalue weighted by Crippen LogP contribution is 2.29. The normalized spacial score (nSPS) is 8.71. The average molecular weight is 231 g/mol. The number of nitrogens with zero attached hydrogens (tertiary/aromatic N) is 3. The highest BCUT2D eigenvalue weighted by atomic mass is 16.5. The van der Waals surface area contributed by atoms with Gasteiger partial charge in [0.2, 0.25) is 0 Å². The number of esters is 1. The summed E-state index contributed by atoms with van der Waals surface area (Å²) < 4.78 is 9.70. The van der Waals surface area contributed by atoms with Gasteiger partial charge in [-0.1, -0.05) is 11.0 Å². The van der Waals surface area contributed by atoms with Crippen LogP contribution in [0.5, 0.6) is 5.75 Å². The van der Waals surface area contributed by atoms with Gasteiger partial charge >= 0.3 is 5.97 Å². The van der Waals surface area contributed by atoms with Gasteiger partial charge in [0.15, 0.2) is 0 Å². The summed E-state index contributed by atoms with van der Waals surface area (Å²) in [5.74, 6) is 2.07. The minimum Gasteiger partial charge on any atom is -0.480 e. The van der Waals surface area contributed by atoms with Crippen molar-refractivity contribution in [1.29, 1.82) is 0 Å². The number of carbonyl (C=O) groups is 1. The van der Waals surface area contributed by atoms with Gasteiger partial charge in [-0.3, -0.25) is 0 Å². The number of terminal acetylenes is 1. The Balaban J connectivity index is 3.12. The summed E-state index contributed by atoms with van der Waals surface area (Å²) >= 11 is 0. The largest absolute Gasteiger partial charge is 0.480 e. The maximum absolute atomic E-state index is 11.3. The number of methoxy groups -OCH3 is 1. The van der Waals surface area contributed by atoms with E-state index in [1.807, 2.05) is 0 Å². The standard InChI is InChI=1S/C11H9N3O3/c1-3-6-17-10-5-4-8(11(15)16-2)7-9(10)13-14-12/h1,4-5,7H,6H2,2H3. The Labute approximate surface area is 97.8 Å². The van der Waals surface area contributed by atoms with Crippen LogP contribution in [0.3, 0.4) is 0 Å². The third kappa shape index (κ3) is 3.16. The summed E-state index contributed by atoms with van der Waals surface area (Å²) in [5.41, 5.74) is 8.85. The Morgan fingerprint density at radius 1 is 1.65 bits per heavy atom. The molecule has 0 amide bonds. The van der Waals surface area contributed by atoms with Gasteiger partial charge in [0.25, 0.3) is 0 Å². The van der Waals surface area contributed by atoms with E-state index >= 15 is 0 Å². The molecular formula is C11H9N3O3. The van der Waals surface area contributed by atoms with Crippen molar-refractivity contribution in [1.82, 2.24) is 0 Å². The fraction of sp³-hybridized carbons (Fsp3) is 0.182. The van der Waals surface area contributed by atoms with Crippen LogP contribution in [-0.2, 0) is 4.74 Å². The van der Waals surface area contributed by atoms with Crippen LogP contribution in [-0.4, -0.2) is 19.7 Å². The molecule has 1 rings (SSSR count). The van der Waals surface area contributed by atoms with Crippen molar-refractivity contribution in [3.05, 3.63) is 34.2 Å². The highest BCUT2D eigenvalue weighted by molar-refractivity contribution is 5.90. The number of hydrogen-bond acceptors (Lipinski definition) is 4. The number of carbonyl (C=O) groups excluding carboxylic acids is 1. The third-order valence-electron chi connectivity index (χ3n) is 1.84. The molecule has 0 aliphatic carbocycles. The molecule has 0 aliphatic rings. The Hall–Kier alpha value is -2.64. The maximum Gasteiger partial charge on any atom is 0.337 e. The van der Waals surface area contributed by atoms with E-state index in [1.165, 1.54) is 25.3 Å². The molecule has 1 aromatic carbocycles. The minimum atomic E-state index is -0.525. The third-order valence-corrected chi connectivity index (χ3v) is 1.84. The van der Waals surface area contributed by atoms with Gasteiger partial charge in [0.1, 0.15) is 12.4 Å². The summed E-state index contributed by atoms with van der Waals surface area (Å²) in [4.78, 5) is 13.9. The number of benzene rings is 1. The molecule has 0 aromatic heterocycles. The molecule has 6 heteroatoms. The van der Waals surface area contributed by atoms with Gasteiger partial charge < -0.3 is 9.47 Å². The molecule has 0 radical (unpaired) electrons. The highest BCUT2D eigenvalue weighted by Gasteiger charge is 2.09. The quantitative estimate of drug-likeness (QED) is 0.262. The minimum absolute atomic E-state index is 0.0471. The van der Waals surface area contributed by atoms with Gasteiger partial charge in [-0.05, 0) is 23.7 Å². The van der Waals surface area contributed by atoms with Crippen LogP contribution in [0.15, 0.2) is 23.3 Å². The second-order valence-corrected chi connectivity index (χ2v) is 2.86. The molecule has 0 unspecified atom stereocenters. The molecule has 0 saturated heterocycles. The van der Waals surface area contributed by atoms with Crippen LogP contribution < -0.4 is 4.74 Å². The molecule has 0 fully saturated rings. The van der Waals surface area contributed by atoms with Gasteiger partial charge in [-0.25, -0.2) is 4.79 Å². The Kier molecular flexibility index (Phi) is 4.43. The number of ether oxygens (including phenoxy) is 2. The summed E-state index contributed by atoms with van der Waals surface area (Å²) in [7, 11) is 1.26. The Morgan fingerprint density at radius 3 is 3.00 bits per heavy atom. The van der Waals surface area contributed by atoms with E-state index in [9.17, 15) is 4.79 Å². The van der Waals surface area contributed by atoms with E-state index in [0.29, 0.717) is 5.75 Å². The van der Waals surface area contributed by atoms with Crippen molar-refractivity contribution in [3.8, 4) is 18.1 Å². The summed E-state index contributed by atoms with van der Waals surface area (Å²) in [6, 6.07) is 4.36. The van der Waals surface area contributed by atoms with Crippen molar-refractivity contribution < 1.29 is 14.3 Å². The number of hydrogen-bond donors (Lipinski definition) is 0. The van der Waals surface area contributed by atoms with Crippen molar-refractivity contribution in [2.45, 2.75) is 0 Å². The van der Waals surface area contributed by atoms with E-state index < -0.39 is 5.97 Å². The van der Waals surface area contributed by atoms with E-state index in [-0.39, 0.29) is 17.9 Å². The molecule has 0 spiro atoms. The first kappa shape index (κ1) is 12.4. The van der Waals surface area contributed by atoms with E-state index in [2.05, 4.69) is 20.7 Å². The van der Waals surface area contributed by atoms with Crippen LogP contribution in [0.4, 0.5) is 5.69 Å². The maximum atomic E-state index is 11.3. The van der Waals surface area contributed by atoms with Gasteiger partial charge in [0.05, 0.1) is 18.4 Å². The van der Waals surface area contributed by atoms with Gasteiger partial charge in [-0.2, -0.15) is 0 Å². The lowest BCUT2D eigenvalue weighted by atomic mass is 10.2. The first-order valence-corrected chi connectivity index (χ1v) is 4.56. The first-order chi connectivity index (χ1) is 8.22. The predicted molar refractivity (Wildman–Crippen MR) is 60.9 cm³/mol. The van der Waals surface area contributed by atoms with Gasteiger partial charge in [0, 0.05) is 4.91 Å². The molecule has 0 heterocycles. The van der Waals surface area contributed by atoms with Crippen LogP contribution >= 0.6 is 0 Å². The molecule has 0 atom stereocenters. The SMILES string of the molecule is C#CCOc1ccc(C(=O)OC)cc1N=[N+]=[N-]. The average Bonchev–Trinajstić information content (AvgIpc) is 2.36. The summed E-state index contributed by atoms with van der Waals surface area (Å²) in [5, 5.41) is 3.42. The van der Waals surface area contributed by atoms with Crippen LogP contribution in [0, 0.1) is 12.3 Å². The van der Waals surface area contributed by atoms with E-state index in [1.54, 1.807) is 0 Å². The Bertz CT molecular complexity index is 513. The molecule has 0 bridgehead atoms. The molecule has 17 heavy (non-hydrogen) atoms. The zero-order valence-corrected chi connectivity index (χ0v) is 9.08. The van der Waals surface area contributed by atoms with Crippen LogP contribution in [0.2, 0.25) is 0 Å². The predicted octanol–water partition coefficient (Wildman–Crippen LogP) is 2.43. The fourth-order valence-electron chi connectivity index (χ4n) is 1.13. The molecule has 1 aromatic rings. The molecule has 0 aliphatic heterocycles. The number of azide groups is 1. The van der Waals surface area contributed by atoms with Crippen molar-refractivity contribution >= 4 is 11.7 Å². The summed E-state index contributed by atoms with van der Waals surface area (Å²) in [6.45, 7) is 0.0471. The zero-order chi connectivity index (χ0) is 12.7. The molecule has 0 N–H and O–H groups in total. The van der Waals surface area contributed by atoms with E-state index in [4.69, 9.17) is 16.7 Å². The van der Waals surface area contributed by atoms with E-state index in [0.717, 1.165) is 0 Å². The molecule has 6 nitrogen and oxygen atoms in total. The zero-order valence-electron chi connectivity index (χ0n) is 9.08. The van der Waals surface area contributed by atoms with Crippen LogP contribution in [0.25, 0.3) is 10.4 Å². The molecular weight excluding hydrogens is 222 g/mol. The molecule has 86 valence electrons. The van der Waals surface area contributed by atoms with Crippen molar-refractivity contribution in [2.75, 3.05) is 13.7 Å². The smallest absolute Gasteiger partial charge is 0.337 e. The molecule has 0 saturated carbocycles. The van der Waals surface area contributed by atoms with Gasteiger partial charge in [-0.15, -0.1) is 6.42 Å². The fourth-order valence-corrected chi connectivity index (χ4v) is 1.13. The lowest BCUT2D eigenvalue weighted by Crippen LogP contribution is -2.01.